The van der Waals surface area contributed by atoms with Gasteiger partial charge in [-0.05, 0) is 31.2 Å². The van der Waals surface area contributed by atoms with Gasteiger partial charge in [-0.3, -0.25) is 0 Å². The van der Waals surface area contributed by atoms with E-state index in [1.807, 2.05) is 0 Å². The molecule has 1 aromatic rings. The summed E-state index contributed by atoms with van der Waals surface area (Å²) in [6, 6.07) is 6.17. The smallest absolute Gasteiger partial charge is 0.240 e. The van der Waals surface area contributed by atoms with Crippen molar-refractivity contribution >= 4 is 38.4 Å². The average molecular weight is 330 g/mol. The van der Waals surface area contributed by atoms with Crippen LogP contribution in [0.4, 0.5) is 0 Å². The highest BCUT2D eigenvalue weighted by molar-refractivity contribution is 9.10. The van der Waals surface area contributed by atoms with Gasteiger partial charge in [-0.15, -0.1) is 12.4 Å². The second-order valence-electron chi connectivity index (χ2n) is 3.21. The van der Waals surface area contributed by atoms with Crippen molar-refractivity contribution < 1.29 is 8.42 Å². The van der Waals surface area contributed by atoms with Crippen LogP contribution in [0.1, 0.15) is 6.92 Å². The van der Waals surface area contributed by atoms with Crippen molar-refractivity contribution in [2.75, 3.05) is 6.54 Å². The van der Waals surface area contributed by atoms with Gasteiger partial charge in [0.15, 0.2) is 0 Å². The Morgan fingerprint density at radius 1 is 1.38 bits per heavy atom. The number of sulfonamides is 1. The van der Waals surface area contributed by atoms with Crippen LogP contribution in [0.3, 0.4) is 0 Å². The van der Waals surface area contributed by atoms with Crippen LogP contribution in [0.2, 0.25) is 0 Å². The third kappa shape index (κ3) is 4.39. The number of benzene rings is 1. The molecule has 0 fully saturated rings. The summed E-state index contributed by atoms with van der Waals surface area (Å²) in [5.74, 6) is 0. The molecule has 0 saturated carbocycles. The summed E-state index contributed by atoms with van der Waals surface area (Å²) in [6.45, 7) is 1.99. The molecule has 16 heavy (non-hydrogen) atoms. The third-order valence-electron chi connectivity index (χ3n) is 1.83. The fourth-order valence-electron chi connectivity index (χ4n) is 0.995. The van der Waals surface area contributed by atoms with Gasteiger partial charge in [0.1, 0.15) is 0 Å². The molecule has 0 aromatic heterocycles. The van der Waals surface area contributed by atoms with Gasteiger partial charge in [0.25, 0.3) is 0 Å². The number of nitrogens with two attached hydrogens (primary N) is 1. The summed E-state index contributed by atoms with van der Waals surface area (Å²) < 4.78 is 26.8. The molecule has 1 atom stereocenters. The molecular formula is C9H14BrClN2O2S. The number of hydrogen-bond acceptors (Lipinski definition) is 3. The van der Waals surface area contributed by atoms with E-state index < -0.39 is 10.0 Å². The van der Waals surface area contributed by atoms with Gasteiger partial charge in [0.2, 0.25) is 10.0 Å². The minimum absolute atomic E-state index is 0. The fourth-order valence-corrected chi connectivity index (χ4v) is 2.52. The Balaban J connectivity index is 0.00000225. The lowest BCUT2D eigenvalue weighted by molar-refractivity contribution is 0.562. The topological polar surface area (TPSA) is 72.2 Å². The molecule has 0 radical (unpaired) electrons. The largest absolute Gasteiger partial charge is 0.329 e. The predicted molar refractivity (Wildman–Crippen MR) is 70.2 cm³/mol. The van der Waals surface area contributed by atoms with Gasteiger partial charge in [-0.1, -0.05) is 15.9 Å². The standard InChI is InChI=1S/C9H13BrN2O2S.ClH/c1-7(6-11)12-15(13,14)9-4-2-8(10)3-5-9;/h2-5,7,12H,6,11H2,1H3;1H/t7-;/m0./s1. The highest BCUT2D eigenvalue weighted by atomic mass is 79.9. The summed E-state index contributed by atoms with van der Waals surface area (Å²) in [7, 11) is -3.44. The highest BCUT2D eigenvalue weighted by Crippen LogP contribution is 2.14. The lowest BCUT2D eigenvalue weighted by Gasteiger charge is -2.11. The molecule has 0 spiro atoms. The monoisotopic (exact) mass is 328 g/mol. The van der Waals surface area contributed by atoms with Crippen LogP contribution in [-0.2, 0) is 10.0 Å². The summed E-state index contributed by atoms with van der Waals surface area (Å²) in [5, 5.41) is 0. The molecular weight excluding hydrogens is 316 g/mol. The van der Waals surface area contributed by atoms with E-state index in [4.69, 9.17) is 5.73 Å². The van der Waals surface area contributed by atoms with E-state index in [0.29, 0.717) is 0 Å². The van der Waals surface area contributed by atoms with Crippen molar-refractivity contribution in [3.05, 3.63) is 28.7 Å². The zero-order chi connectivity index (χ0) is 11.5. The Hall–Kier alpha value is -0.140. The first-order valence-corrected chi connectivity index (χ1v) is 6.71. The third-order valence-corrected chi connectivity index (χ3v) is 3.97. The maximum Gasteiger partial charge on any atom is 0.240 e. The van der Waals surface area contributed by atoms with Crippen LogP contribution in [0, 0.1) is 0 Å². The molecule has 4 nitrogen and oxygen atoms in total. The van der Waals surface area contributed by atoms with Crippen LogP contribution in [0.15, 0.2) is 33.6 Å². The van der Waals surface area contributed by atoms with Crippen molar-refractivity contribution in [1.82, 2.24) is 4.72 Å². The fraction of sp³-hybridized carbons (Fsp3) is 0.333. The summed E-state index contributed by atoms with van der Waals surface area (Å²) in [5.41, 5.74) is 5.35. The van der Waals surface area contributed by atoms with Crippen LogP contribution in [-0.4, -0.2) is 21.0 Å². The molecule has 1 aromatic carbocycles. The molecule has 92 valence electrons. The Morgan fingerprint density at radius 2 is 1.88 bits per heavy atom. The lowest BCUT2D eigenvalue weighted by atomic mass is 10.4. The zero-order valence-corrected chi connectivity index (χ0v) is 11.9. The maximum absolute atomic E-state index is 11.7. The van der Waals surface area contributed by atoms with Gasteiger partial charge in [-0.2, -0.15) is 0 Å². The molecule has 3 N–H and O–H groups in total. The number of hydrogen-bond donors (Lipinski definition) is 2. The Labute approximate surface area is 110 Å². The molecule has 0 aliphatic carbocycles. The average Bonchev–Trinajstić information content (AvgIpc) is 2.17. The number of nitrogens with one attached hydrogen (secondary N) is 1. The molecule has 0 aliphatic rings. The second-order valence-corrected chi connectivity index (χ2v) is 5.84. The van der Waals surface area contributed by atoms with Gasteiger partial charge in [0, 0.05) is 17.1 Å². The van der Waals surface area contributed by atoms with Crippen molar-refractivity contribution in [1.29, 1.82) is 0 Å². The summed E-state index contributed by atoms with van der Waals surface area (Å²) in [6.07, 6.45) is 0. The zero-order valence-electron chi connectivity index (χ0n) is 8.68. The maximum atomic E-state index is 11.7. The summed E-state index contributed by atoms with van der Waals surface area (Å²) in [4.78, 5) is 0.242. The van der Waals surface area contributed by atoms with E-state index in [1.165, 1.54) is 12.1 Å². The highest BCUT2D eigenvalue weighted by Gasteiger charge is 2.15. The molecule has 0 bridgehead atoms. The molecule has 1 rings (SSSR count). The Bertz CT molecular complexity index is 422. The quantitative estimate of drug-likeness (QED) is 0.879. The first kappa shape index (κ1) is 15.9. The molecule has 0 aliphatic heterocycles. The molecule has 7 heteroatoms. The number of halogens is 2. The van der Waals surface area contributed by atoms with E-state index in [1.54, 1.807) is 19.1 Å². The van der Waals surface area contributed by atoms with Gasteiger partial charge in [-0.25, -0.2) is 13.1 Å². The normalized spacial score (nSPS) is 12.9. The van der Waals surface area contributed by atoms with E-state index >= 15 is 0 Å². The summed E-state index contributed by atoms with van der Waals surface area (Å²) >= 11 is 3.24. The van der Waals surface area contributed by atoms with Crippen molar-refractivity contribution in [2.45, 2.75) is 17.9 Å². The molecule has 0 amide bonds. The van der Waals surface area contributed by atoms with E-state index in [9.17, 15) is 8.42 Å². The van der Waals surface area contributed by atoms with Crippen molar-refractivity contribution in [3.63, 3.8) is 0 Å². The van der Waals surface area contributed by atoms with Crippen molar-refractivity contribution in [2.24, 2.45) is 5.73 Å². The minimum atomic E-state index is -3.44. The second kappa shape index (κ2) is 6.56. The van der Waals surface area contributed by atoms with Gasteiger partial charge in [0.05, 0.1) is 4.90 Å². The van der Waals surface area contributed by atoms with Gasteiger partial charge >= 0.3 is 0 Å². The first-order valence-electron chi connectivity index (χ1n) is 4.43. The van der Waals surface area contributed by atoms with Crippen LogP contribution >= 0.6 is 28.3 Å². The SMILES string of the molecule is C[C@@H](CN)NS(=O)(=O)c1ccc(Br)cc1.Cl. The van der Waals surface area contributed by atoms with E-state index in [0.717, 1.165) is 4.47 Å². The first-order chi connectivity index (χ1) is 6.95. The predicted octanol–water partition coefficient (Wildman–Crippen LogP) is 1.50. The Morgan fingerprint density at radius 3 is 2.31 bits per heavy atom. The van der Waals surface area contributed by atoms with E-state index in [2.05, 4.69) is 20.7 Å². The van der Waals surface area contributed by atoms with Crippen LogP contribution in [0.5, 0.6) is 0 Å². The Kier molecular flexibility index (Phi) is 6.50. The molecule has 0 heterocycles. The van der Waals surface area contributed by atoms with E-state index in [-0.39, 0.29) is 29.9 Å². The van der Waals surface area contributed by atoms with Gasteiger partial charge < -0.3 is 5.73 Å². The molecule has 0 unspecified atom stereocenters. The van der Waals surface area contributed by atoms with Crippen LogP contribution < -0.4 is 10.5 Å². The van der Waals surface area contributed by atoms with Crippen molar-refractivity contribution in [3.8, 4) is 0 Å². The minimum Gasteiger partial charge on any atom is -0.329 e. The number of rotatable bonds is 4. The molecule has 0 saturated heterocycles. The lowest BCUT2D eigenvalue weighted by Crippen LogP contribution is -2.37. The van der Waals surface area contributed by atoms with Crippen LogP contribution in [0.25, 0.3) is 0 Å².